The zero-order valence-corrected chi connectivity index (χ0v) is 10.7. The lowest BCUT2D eigenvalue weighted by atomic mass is 10.1. The highest BCUT2D eigenvalue weighted by atomic mass is 16.7. The molecule has 0 amide bonds. The summed E-state index contributed by atoms with van der Waals surface area (Å²) in [5, 5.41) is 0. The van der Waals surface area contributed by atoms with E-state index in [-0.39, 0.29) is 6.29 Å². The molecule has 0 saturated heterocycles. The molecule has 2 N–H and O–H groups in total. The average molecular weight is 218 g/mol. The Balaban J connectivity index is 4.09. The standard InChI is InChI=1S/C11H26N2O2/c1-9(2)8-13(3)10(7-12)6-11(14-4)15-5/h9-11H,6-8,12H2,1-5H3. The van der Waals surface area contributed by atoms with Gasteiger partial charge in [-0.25, -0.2) is 0 Å². The number of hydrogen-bond acceptors (Lipinski definition) is 4. The van der Waals surface area contributed by atoms with Crippen LogP contribution in [0, 0.1) is 5.92 Å². The van der Waals surface area contributed by atoms with Crippen molar-refractivity contribution in [2.75, 3.05) is 34.4 Å². The summed E-state index contributed by atoms with van der Waals surface area (Å²) in [6.45, 7) is 6.08. The molecule has 0 aromatic rings. The van der Waals surface area contributed by atoms with Crippen molar-refractivity contribution < 1.29 is 9.47 Å². The van der Waals surface area contributed by atoms with E-state index >= 15 is 0 Å². The fraction of sp³-hybridized carbons (Fsp3) is 1.00. The lowest BCUT2D eigenvalue weighted by molar-refractivity contribution is -0.115. The van der Waals surface area contributed by atoms with Gasteiger partial charge in [-0.05, 0) is 13.0 Å². The summed E-state index contributed by atoms with van der Waals surface area (Å²) >= 11 is 0. The summed E-state index contributed by atoms with van der Waals surface area (Å²) in [7, 11) is 5.41. The van der Waals surface area contributed by atoms with Gasteiger partial charge in [0, 0.05) is 39.8 Å². The fourth-order valence-corrected chi connectivity index (χ4v) is 1.69. The Kier molecular flexibility index (Phi) is 7.96. The van der Waals surface area contributed by atoms with Crippen LogP contribution in [0.2, 0.25) is 0 Å². The first-order chi connectivity index (χ1) is 7.04. The molecule has 1 atom stereocenters. The van der Waals surface area contributed by atoms with Gasteiger partial charge in [0.05, 0.1) is 0 Å². The van der Waals surface area contributed by atoms with Gasteiger partial charge in [-0.1, -0.05) is 13.8 Å². The van der Waals surface area contributed by atoms with Crippen LogP contribution < -0.4 is 5.73 Å². The first-order valence-corrected chi connectivity index (χ1v) is 5.51. The molecule has 0 heterocycles. The van der Waals surface area contributed by atoms with Crippen molar-refractivity contribution in [1.29, 1.82) is 0 Å². The predicted molar refractivity (Wildman–Crippen MR) is 62.7 cm³/mol. The SMILES string of the molecule is COC(CC(CN)N(C)CC(C)C)OC. The van der Waals surface area contributed by atoms with E-state index in [9.17, 15) is 0 Å². The Hall–Kier alpha value is -0.160. The van der Waals surface area contributed by atoms with E-state index in [1.54, 1.807) is 14.2 Å². The molecule has 0 aliphatic rings. The van der Waals surface area contributed by atoms with Crippen LogP contribution in [0.4, 0.5) is 0 Å². The fourth-order valence-electron chi connectivity index (χ4n) is 1.69. The summed E-state index contributed by atoms with van der Waals surface area (Å²) in [5.41, 5.74) is 5.75. The molecule has 1 unspecified atom stereocenters. The van der Waals surface area contributed by atoms with Crippen LogP contribution >= 0.6 is 0 Å². The maximum atomic E-state index is 5.75. The van der Waals surface area contributed by atoms with Crippen molar-refractivity contribution in [3.63, 3.8) is 0 Å². The van der Waals surface area contributed by atoms with Gasteiger partial charge in [0.2, 0.25) is 0 Å². The number of hydrogen-bond donors (Lipinski definition) is 1. The van der Waals surface area contributed by atoms with Crippen molar-refractivity contribution in [3.8, 4) is 0 Å². The van der Waals surface area contributed by atoms with E-state index in [0.717, 1.165) is 13.0 Å². The number of methoxy groups -OCH3 is 2. The lowest BCUT2D eigenvalue weighted by Gasteiger charge is -2.30. The van der Waals surface area contributed by atoms with Crippen LogP contribution in [0.25, 0.3) is 0 Å². The Labute approximate surface area is 93.7 Å². The first kappa shape index (κ1) is 14.8. The molecular weight excluding hydrogens is 192 g/mol. The summed E-state index contributed by atoms with van der Waals surface area (Å²) in [4.78, 5) is 2.27. The van der Waals surface area contributed by atoms with E-state index in [4.69, 9.17) is 15.2 Å². The molecule has 0 aliphatic heterocycles. The Morgan fingerprint density at radius 2 is 1.73 bits per heavy atom. The largest absolute Gasteiger partial charge is 0.356 e. The monoisotopic (exact) mass is 218 g/mol. The van der Waals surface area contributed by atoms with Crippen LogP contribution in [0.15, 0.2) is 0 Å². The van der Waals surface area contributed by atoms with Gasteiger partial charge in [0.25, 0.3) is 0 Å². The highest BCUT2D eigenvalue weighted by Crippen LogP contribution is 2.09. The van der Waals surface area contributed by atoms with Crippen molar-refractivity contribution in [3.05, 3.63) is 0 Å². The normalized spacial score (nSPS) is 14.2. The third kappa shape index (κ3) is 6.10. The minimum Gasteiger partial charge on any atom is -0.356 e. The Morgan fingerprint density at radius 3 is 2.07 bits per heavy atom. The van der Waals surface area contributed by atoms with Crippen molar-refractivity contribution in [2.45, 2.75) is 32.6 Å². The van der Waals surface area contributed by atoms with Gasteiger partial charge in [-0.15, -0.1) is 0 Å². The highest BCUT2D eigenvalue weighted by molar-refractivity contribution is 4.72. The summed E-state index contributed by atoms with van der Waals surface area (Å²) in [6, 6.07) is 0.317. The van der Waals surface area contributed by atoms with Gasteiger partial charge >= 0.3 is 0 Å². The number of nitrogens with two attached hydrogens (primary N) is 1. The quantitative estimate of drug-likeness (QED) is 0.615. The molecule has 0 spiro atoms. The molecule has 0 aliphatic carbocycles. The summed E-state index contributed by atoms with van der Waals surface area (Å²) < 4.78 is 10.4. The second-order valence-corrected chi connectivity index (χ2v) is 4.36. The van der Waals surface area contributed by atoms with Gasteiger partial charge < -0.3 is 20.1 Å². The van der Waals surface area contributed by atoms with Gasteiger partial charge in [0.15, 0.2) is 6.29 Å². The molecule has 0 rings (SSSR count). The second-order valence-electron chi connectivity index (χ2n) is 4.36. The first-order valence-electron chi connectivity index (χ1n) is 5.51. The maximum Gasteiger partial charge on any atom is 0.158 e. The molecule has 0 aromatic heterocycles. The molecule has 0 radical (unpaired) electrons. The average Bonchev–Trinajstić information content (AvgIpc) is 2.18. The minimum absolute atomic E-state index is 0.159. The molecule has 0 saturated carbocycles. The van der Waals surface area contributed by atoms with Gasteiger partial charge in [0.1, 0.15) is 0 Å². The van der Waals surface area contributed by atoms with Gasteiger partial charge in [-0.2, -0.15) is 0 Å². The Morgan fingerprint density at radius 1 is 1.20 bits per heavy atom. The molecule has 0 aromatic carbocycles. The molecule has 4 heteroatoms. The van der Waals surface area contributed by atoms with Crippen LogP contribution in [0.3, 0.4) is 0 Å². The smallest absolute Gasteiger partial charge is 0.158 e. The van der Waals surface area contributed by atoms with Crippen LogP contribution in [-0.2, 0) is 9.47 Å². The number of ether oxygens (including phenoxy) is 2. The topological polar surface area (TPSA) is 47.7 Å². The van der Waals surface area contributed by atoms with Crippen molar-refractivity contribution >= 4 is 0 Å². The number of nitrogens with zero attached hydrogens (tertiary/aromatic N) is 1. The number of likely N-dealkylation sites (N-methyl/N-ethyl adjacent to an activating group) is 1. The summed E-state index contributed by atoms with van der Waals surface area (Å²) in [5.74, 6) is 0.646. The molecule has 4 nitrogen and oxygen atoms in total. The van der Waals surface area contributed by atoms with Crippen LogP contribution in [-0.4, -0.2) is 51.6 Å². The lowest BCUT2D eigenvalue weighted by Crippen LogP contribution is -2.42. The van der Waals surface area contributed by atoms with E-state index < -0.39 is 0 Å². The van der Waals surface area contributed by atoms with Crippen molar-refractivity contribution in [2.24, 2.45) is 11.7 Å². The molecular formula is C11H26N2O2. The zero-order chi connectivity index (χ0) is 11.8. The number of rotatable bonds is 8. The third-order valence-electron chi connectivity index (χ3n) is 2.54. The molecule has 0 bridgehead atoms. The maximum absolute atomic E-state index is 5.75. The second kappa shape index (κ2) is 8.05. The predicted octanol–water partition coefficient (Wildman–Crippen LogP) is 0.910. The van der Waals surface area contributed by atoms with Crippen molar-refractivity contribution in [1.82, 2.24) is 4.90 Å². The third-order valence-corrected chi connectivity index (χ3v) is 2.54. The molecule has 15 heavy (non-hydrogen) atoms. The van der Waals surface area contributed by atoms with Crippen LogP contribution in [0.5, 0.6) is 0 Å². The minimum atomic E-state index is -0.159. The molecule has 92 valence electrons. The van der Waals surface area contributed by atoms with Crippen LogP contribution in [0.1, 0.15) is 20.3 Å². The van der Waals surface area contributed by atoms with E-state index in [0.29, 0.717) is 18.5 Å². The molecule has 0 fully saturated rings. The van der Waals surface area contributed by atoms with E-state index in [2.05, 4.69) is 25.8 Å². The summed E-state index contributed by atoms with van der Waals surface area (Å²) in [6.07, 6.45) is 0.653. The Bertz CT molecular complexity index is 150. The zero-order valence-electron chi connectivity index (χ0n) is 10.7. The van der Waals surface area contributed by atoms with E-state index in [1.807, 2.05) is 0 Å². The van der Waals surface area contributed by atoms with E-state index in [1.165, 1.54) is 0 Å². The van der Waals surface area contributed by atoms with Gasteiger partial charge in [-0.3, -0.25) is 0 Å². The highest BCUT2D eigenvalue weighted by Gasteiger charge is 2.19.